The van der Waals surface area contributed by atoms with Gasteiger partial charge in [0.2, 0.25) is 5.91 Å². The Kier molecular flexibility index (Phi) is 8.27. The Balaban J connectivity index is 1.50. The van der Waals surface area contributed by atoms with E-state index in [4.69, 9.17) is 17.2 Å². The van der Waals surface area contributed by atoms with Crippen molar-refractivity contribution in [3.05, 3.63) is 112 Å². The van der Waals surface area contributed by atoms with Crippen molar-refractivity contribution in [3.8, 4) is 5.69 Å². The number of aromatic nitrogens is 2. The van der Waals surface area contributed by atoms with E-state index in [1.165, 1.54) is 39.3 Å². The van der Waals surface area contributed by atoms with Crippen LogP contribution < -0.4 is 10.6 Å². The van der Waals surface area contributed by atoms with Crippen LogP contribution in [0.15, 0.2) is 66.9 Å². The summed E-state index contributed by atoms with van der Waals surface area (Å²) < 4.78 is 2.36. The Morgan fingerprint density at radius 3 is 2.39 bits per heavy atom. The van der Waals surface area contributed by atoms with Crippen molar-refractivity contribution in [2.45, 2.75) is 66.5 Å². The number of hydrogen-bond donors (Lipinski definition) is 2. The molecule has 0 unspecified atom stereocenters. The quantitative estimate of drug-likeness (QED) is 0.226. The number of aryl methyl sites for hydroxylation is 5. The molecule has 6 nitrogen and oxygen atoms in total. The van der Waals surface area contributed by atoms with E-state index in [1.807, 2.05) is 42.6 Å². The first kappa shape index (κ1) is 28.6. The smallest absolute Gasteiger partial charge is 0.226 e. The Morgan fingerprint density at radius 2 is 1.71 bits per heavy atom. The molecule has 2 atom stereocenters. The summed E-state index contributed by atoms with van der Waals surface area (Å²) in [6, 6.07) is 20.4. The minimum absolute atomic E-state index is 0.0230. The maximum absolute atomic E-state index is 13.1. The highest BCUT2D eigenvalue weighted by Gasteiger charge is 2.41. The number of nitrogens with one attached hydrogen (secondary N) is 2. The summed E-state index contributed by atoms with van der Waals surface area (Å²) in [7, 11) is 0. The molecule has 1 amide bonds. The van der Waals surface area contributed by atoms with Gasteiger partial charge in [-0.3, -0.25) is 9.78 Å². The van der Waals surface area contributed by atoms with Crippen LogP contribution in [-0.4, -0.2) is 32.0 Å². The average molecular weight is 566 g/mol. The number of benzene rings is 2. The van der Waals surface area contributed by atoms with Gasteiger partial charge in [-0.1, -0.05) is 48.9 Å². The van der Waals surface area contributed by atoms with Gasteiger partial charge >= 0.3 is 0 Å². The van der Waals surface area contributed by atoms with E-state index >= 15 is 0 Å². The number of amides is 1. The lowest BCUT2D eigenvalue weighted by Gasteiger charge is -2.28. The number of thiocarbonyl (C=S) groups is 1. The van der Waals surface area contributed by atoms with Crippen LogP contribution in [-0.2, 0) is 11.2 Å². The fraction of sp³-hybridized carbons (Fsp3) is 0.324. The molecule has 2 N–H and O–H groups in total. The van der Waals surface area contributed by atoms with E-state index in [-0.39, 0.29) is 18.0 Å². The van der Waals surface area contributed by atoms with E-state index in [9.17, 15) is 4.79 Å². The average Bonchev–Trinajstić information content (AvgIpc) is 3.42. The lowest BCUT2D eigenvalue weighted by atomic mass is 9.96. The van der Waals surface area contributed by atoms with E-state index < -0.39 is 0 Å². The van der Waals surface area contributed by atoms with Crippen LogP contribution in [0.5, 0.6) is 0 Å². The van der Waals surface area contributed by atoms with Crippen molar-refractivity contribution < 1.29 is 4.79 Å². The summed E-state index contributed by atoms with van der Waals surface area (Å²) in [4.78, 5) is 20.0. The first-order chi connectivity index (χ1) is 19.7. The molecule has 1 fully saturated rings. The highest BCUT2D eigenvalue weighted by Crippen LogP contribution is 2.42. The monoisotopic (exact) mass is 565 g/mol. The molecule has 1 aliphatic rings. The van der Waals surface area contributed by atoms with E-state index in [1.54, 1.807) is 0 Å². The first-order valence-corrected chi connectivity index (χ1v) is 14.7. The van der Waals surface area contributed by atoms with Gasteiger partial charge in [-0.05, 0) is 99.8 Å². The van der Waals surface area contributed by atoms with Gasteiger partial charge in [0.05, 0.1) is 23.5 Å². The van der Waals surface area contributed by atoms with Crippen LogP contribution in [0.25, 0.3) is 5.69 Å². The van der Waals surface area contributed by atoms with Crippen LogP contribution in [0.1, 0.15) is 70.3 Å². The van der Waals surface area contributed by atoms with Crippen molar-refractivity contribution >= 4 is 28.9 Å². The molecule has 0 spiro atoms. The topological polar surface area (TPSA) is 62.2 Å². The number of para-hydroxylation sites is 1. The third kappa shape index (κ3) is 5.64. The summed E-state index contributed by atoms with van der Waals surface area (Å²) in [5, 5.41) is 7.29. The Hall–Kier alpha value is -3.97. The lowest BCUT2D eigenvalue weighted by Crippen LogP contribution is -2.33. The standard InChI is InChI=1S/C34H39N5OS/c1-7-26-12-8-9-13-28(26)36-30(40)15-17-38-33(31(37-34(38)41)29-14-10-11-16-35-29)27-20-24(5)39(25(27)6)32-22(3)18-21(2)19-23(32)4/h8-14,16,18-20,31,33H,7,15,17H2,1-6H3,(H,36,40)(H,37,41)/t31-,33+/m1/s1. The maximum atomic E-state index is 13.1. The normalized spacial score (nSPS) is 16.6. The summed E-state index contributed by atoms with van der Waals surface area (Å²) in [6.45, 7) is 13.4. The number of anilines is 1. The van der Waals surface area contributed by atoms with Crippen LogP contribution >= 0.6 is 12.2 Å². The minimum Gasteiger partial charge on any atom is -0.352 e. The van der Waals surface area contributed by atoms with Gasteiger partial charge in [0, 0.05) is 36.2 Å². The number of carbonyl (C=O) groups excluding carboxylic acids is 1. The zero-order valence-corrected chi connectivity index (χ0v) is 25.6. The lowest BCUT2D eigenvalue weighted by molar-refractivity contribution is -0.116. The molecule has 5 rings (SSSR count). The number of rotatable bonds is 8. The van der Waals surface area contributed by atoms with Gasteiger partial charge < -0.3 is 20.1 Å². The van der Waals surface area contributed by atoms with Gasteiger partial charge in [-0.2, -0.15) is 0 Å². The van der Waals surface area contributed by atoms with Gasteiger partial charge in [-0.15, -0.1) is 0 Å². The molecule has 0 aliphatic carbocycles. The molecule has 4 aromatic rings. The van der Waals surface area contributed by atoms with Crippen molar-refractivity contribution in [2.75, 3.05) is 11.9 Å². The third-order valence-electron chi connectivity index (χ3n) is 8.10. The first-order valence-electron chi connectivity index (χ1n) is 14.3. The fourth-order valence-electron chi connectivity index (χ4n) is 6.33. The summed E-state index contributed by atoms with van der Waals surface area (Å²) in [6.07, 6.45) is 3.00. The molecular formula is C34H39N5OS. The SMILES string of the molecule is CCc1ccccc1NC(=O)CCN1C(=S)N[C@H](c2ccccn2)[C@@H]1c1cc(C)n(-c2c(C)cc(C)cc2C)c1C. The molecule has 2 aromatic carbocycles. The zero-order chi connectivity index (χ0) is 29.3. The largest absolute Gasteiger partial charge is 0.352 e. The summed E-state index contributed by atoms with van der Waals surface area (Å²) >= 11 is 5.90. The number of nitrogens with zero attached hydrogens (tertiary/aromatic N) is 3. The van der Waals surface area contributed by atoms with Crippen molar-refractivity contribution in [2.24, 2.45) is 0 Å². The van der Waals surface area contributed by atoms with Crippen molar-refractivity contribution in [1.29, 1.82) is 0 Å². The van der Waals surface area contributed by atoms with Crippen LogP contribution in [0.3, 0.4) is 0 Å². The second-order valence-corrected chi connectivity index (χ2v) is 11.4. The highest BCUT2D eigenvalue weighted by molar-refractivity contribution is 7.80. The van der Waals surface area contributed by atoms with E-state index in [0.717, 1.165) is 23.4 Å². The second-order valence-electron chi connectivity index (χ2n) is 11.0. The van der Waals surface area contributed by atoms with Crippen LogP contribution in [0, 0.1) is 34.6 Å². The highest BCUT2D eigenvalue weighted by atomic mass is 32.1. The van der Waals surface area contributed by atoms with Crippen molar-refractivity contribution in [3.63, 3.8) is 0 Å². The molecule has 41 heavy (non-hydrogen) atoms. The van der Waals surface area contributed by atoms with Gasteiger partial charge in [0.1, 0.15) is 0 Å². The molecule has 7 heteroatoms. The van der Waals surface area contributed by atoms with E-state index in [2.05, 4.69) is 85.9 Å². The molecule has 3 heterocycles. The van der Waals surface area contributed by atoms with E-state index in [0.29, 0.717) is 18.1 Å². The van der Waals surface area contributed by atoms with Crippen molar-refractivity contribution in [1.82, 2.24) is 19.8 Å². The second kappa shape index (κ2) is 11.9. The molecule has 2 aromatic heterocycles. The van der Waals surface area contributed by atoms with Crippen LogP contribution in [0.4, 0.5) is 5.69 Å². The molecule has 0 saturated carbocycles. The van der Waals surface area contributed by atoms with Gasteiger partial charge in [0.25, 0.3) is 0 Å². The Bertz CT molecular complexity index is 1570. The Morgan fingerprint density at radius 1 is 1.00 bits per heavy atom. The molecule has 1 saturated heterocycles. The number of pyridine rings is 1. The number of carbonyl (C=O) groups is 1. The van der Waals surface area contributed by atoms with Gasteiger partial charge in [0.15, 0.2) is 5.11 Å². The summed E-state index contributed by atoms with van der Waals surface area (Å²) in [5.41, 5.74) is 11.4. The molecular weight excluding hydrogens is 526 g/mol. The predicted molar refractivity (Wildman–Crippen MR) is 171 cm³/mol. The van der Waals surface area contributed by atoms with Crippen LogP contribution in [0.2, 0.25) is 0 Å². The fourth-order valence-corrected chi connectivity index (χ4v) is 6.66. The molecule has 0 bridgehead atoms. The maximum Gasteiger partial charge on any atom is 0.226 e. The minimum atomic E-state index is -0.137. The zero-order valence-electron chi connectivity index (χ0n) is 24.8. The van der Waals surface area contributed by atoms with Gasteiger partial charge in [-0.25, -0.2) is 0 Å². The molecule has 0 radical (unpaired) electrons. The molecule has 1 aliphatic heterocycles. The number of hydrogen-bond acceptors (Lipinski definition) is 3. The Labute approximate surface area is 248 Å². The summed E-state index contributed by atoms with van der Waals surface area (Å²) in [5.74, 6) is -0.0230. The third-order valence-corrected chi connectivity index (χ3v) is 8.45. The predicted octanol–water partition coefficient (Wildman–Crippen LogP) is 6.98. The molecule has 212 valence electrons.